The van der Waals surface area contributed by atoms with Crippen LogP contribution in [0.4, 0.5) is 0 Å². The third-order valence-corrected chi connectivity index (χ3v) is 7.13. The lowest BCUT2D eigenvalue weighted by molar-refractivity contribution is -0.146. The van der Waals surface area contributed by atoms with Crippen molar-refractivity contribution in [3.63, 3.8) is 0 Å². The SMILES string of the molecule is CC[C@@H](CC(=O)N1C/C(=N/OCC(C)C)CCC(Cc2cc(Cl)ccc2OC)C1=O)c1ccc(C(=O)O)cc1. The second kappa shape index (κ2) is 14.1. The minimum absolute atomic E-state index is 0.0767. The number of amides is 2. The molecule has 1 unspecified atom stereocenters. The van der Waals surface area contributed by atoms with Gasteiger partial charge in [0.05, 0.1) is 24.9 Å². The minimum atomic E-state index is -1.00. The topological polar surface area (TPSA) is 106 Å². The van der Waals surface area contributed by atoms with Crippen LogP contribution in [0.1, 0.15) is 73.9 Å². The van der Waals surface area contributed by atoms with Crippen LogP contribution in [0.5, 0.6) is 5.75 Å². The largest absolute Gasteiger partial charge is 0.496 e. The van der Waals surface area contributed by atoms with Crippen molar-refractivity contribution in [1.29, 1.82) is 0 Å². The van der Waals surface area contributed by atoms with Gasteiger partial charge in [-0.25, -0.2) is 4.79 Å². The molecule has 0 radical (unpaired) electrons. The monoisotopic (exact) mass is 556 g/mol. The summed E-state index contributed by atoms with van der Waals surface area (Å²) in [6.45, 7) is 6.53. The molecular weight excluding hydrogens is 520 g/mol. The van der Waals surface area contributed by atoms with Gasteiger partial charge in [-0.1, -0.05) is 49.7 Å². The molecule has 0 saturated carbocycles. The van der Waals surface area contributed by atoms with Gasteiger partial charge in [0.1, 0.15) is 12.4 Å². The van der Waals surface area contributed by atoms with E-state index in [0.717, 1.165) is 11.1 Å². The number of rotatable bonds is 11. The van der Waals surface area contributed by atoms with Gasteiger partial charge in [0, 0.05) is 17.4 Å². The van der Waals surface area contributed by atoms with E-state index in [2.05, 4.69) is 5.16 Å². The van der Waals surface area contributed by atoms with Crippen LogP contribution in [0.25, 0.3) is 0 Å². The Bertz CT molecular complexity index is 1190. The van der Waals surface area contributed by atoms with E-state index in [1.54, 1.807) is 37.4 Å². The number of hydrogen-bond donors (Lipinski definition) is 1. The number of nitrogens with zero attached hydrogens (tertiary/aromatic N) is 2. The molecule has 2 aromatic rings. The third-order valence-electron chi connectivity index (χ3n) is 6.89. The van der Waals surface area contributed by atoms with E-state index < -0.39 is 11.9 Å². The molecule has 1 N–H and O–H groups in total. The number of carbonyl (C=O) groups excluding carboxylic acids is 2. The molecule has 1 aliphatic rings. The first-order valence-corrected chi connectivity index (χ1v) is 13.7. The summed E-state index contributed by atoms with van der Waals surface area (Å²) < 4.78 is 5.49. The molecule has 9 heteroatoms. The zero-order valence-electron chi connectivity index (χ0n) is 23.0. The van der Waals surface area contributed by atoms with E-state index in [0.29, 0.717) is 54.7 Å². The van der Waals surface area contributed by atoms with Gasteiger partial charge in [-0.05, 0) is 79.0 Å². The second-order valence-corrected chi connectivity index (χ2v) is 10.7. The molecule has 39 heavy (non-hydrogen) atoms. The van der Waals surface area contributed by atoms with Crippen molar-refractivity contribution in [3.05, 3.63) is 64.2 Å². The maximum absolute atomic E-state index is 13.8. The maximum atomic E-state index is 13.8. The van der Waals surface area contributed by atoms with Crippen LogP contribution >= 0.6 is 11.6 Å². The fraction of sp³-hybridized carbons (Fsp3) is 0.467. The molecule has 0 spiro atoms. The molecule has 8 nitrogen and oxygen atoms in total. The van der Waals surface area contributed by atoms with Crippen LogP contribution in [-0.2, 0) is 20.8 Å². The van der Waals surface area contributed by atoms with E-state index in [-0.39, 0.29) is 36.3 Å². The summed E-state index contributed by atoms with van der Waals surface area (Å²) in [6, 6.07) is 11.8. The molecule has 2 amide bonds. The number of aromatic carboxylic acids is 1. The molecule has 0 bridgehead atoms. The quantitative estimate of drug-likeness (QED) is 0.342. The predicted molar refractivity (Wildman–Crippen MR) is 150 cm³/mol. The molecular formula is C30H37ClN2O6. The number of likely N-dealkylation sites (tertiary alicyclic amines) is 1. The normalized spacial score (nSPS) is 17.7. The van der Waals surface area contributed by atoms with Crippen LogP contribution in [0.3, 0.4) is 0 Å². The van der Waals surface area contributed by atoms with Crippen molar-refractivity contribution < 1.29 is 29.1 Å². The van der Waals surface area contributed by atoms with Crippen LogP contribution in [0, 0.1) is 11.8 Å². The lowest BCUT2D eigenvalue weighted by Gasteiger charge is -2.25. The minimum Gasteiger partial charge on any atom is -0.496 e. The standard InChI is InChI=1S/C30H37ClN2O6/c1-5-20(21-6-8-22(9-7-21)30(36)37)16-28(34)33-17-26(32-39-18-19(2)3)12-10-23(29(33)35)14-24-15-25(31)11-13-27(24)38-4/h6-9,11,13,15,19-20,23H,5,10,12,14,16-18H2,1-4H3,(H,36,37)/b32-26+/t20-,23?/m0/s1. The summed E-state index contributed by atoms with van der Waals surface area (Å²) in [5.74, 6) is -1.26. The van der Waals surface area contributed by atoms with Crippen molar-refractivity contribution >= 4 is 35.1 Å². The van der Waals surface area contributed by atoms with Gasteiger partial charge in [0.15, 0.2) is 0 Å². The maximum Gasteiger partial charge on any atom is 0.335 e. The third kappa shape index (κ3) is 8.30. The van der Waals surface area contributed by atoms with E-state index in [1.807, 2.05) is 20.8 Å². The first kappa shape index (κ1) is 30.2. The number of benzene rings is 2. The lowest BCUT2D eigenvalue weighted by Crippen LogP contribution is -2.42. The van der Waals surface area contributed by atoms with Gasteiger partial charge in [-0.3, -0.25) is 14.5 Å². The average Bonchev–Trinajstić information content (AvgIpc) is 3.06. The lowest BCUT2D eigenvalue weighted by atomic mass is 9.91. The molecule has 0 aliphatic carbocycles. The van der Waals surface area contributed by atoms with Gasteiger partial charge in [0.2, 0.25) is 11.8 Å². The summed E-state index contributed by atoms with van der Waals surface area (Å²) >= 11 is 6.23. The first-order valence-electron chi connectivity index (χ1n) is 13.3. The Balaban J connectivity index is 1.86. The van der Waals surface area contributed by atoms with E-state index >= 15 is 0 Å². The van der Waals surface area contributed by atoms with Gasteiger partial charge < -0.3 is 14.7 Å². The number of imide groups is 1. The van der Waals surface area contributed by atoms with Gasteiger partial charge in [0.25, 0.3) is 0 Å². The zero-order chi connectivity index (χ0) is 28.5. The van der Waals surface area contributed by atoms with Gasteiger partial charge >= 0.3 is 5.97 Å². The number of carboxylic acid groups (broad SMARTS) is 1. The van der Waals surface area contributed by atoms with E-state index in [1.165, 1.54) is 17.0 Å². The zero-order valence-corrected chi connectivity index (χ0v) is 23.7. The number of hydrogen-bond acceptors (Lipinski definition) is 6. The summed E-state index contributed by atoms with van der Waals surface area (Å²) in [6.07, 6.45) is 2.18. The Morgan fingerprint density at radius 2 is 1.90 bits per heavy atom. The average molecular weight is 557 g/mol. The highest BCUT2D eigenvalue weighted by atomic mass is 35.5. The molecule has 1 aliphatic heterocycles. The highest BCUT2D eigenvalue weighted by Crippen LogP contribution is 2.30. The fourth-order valence-electron chi connectivity index (χ4n) is 4.67. The summed E-state index contributed by atoms with van der Waals surface area (Å²) in [7, 11) is 1.57. The fourth-order valence-corrected chi connectivity index (χ4v) is 4.86. The molecule has 2 atom stereocenters. The van der Waals surface area contributed by atoms with Crippen LogP contribution in [0.15, 0.2) is 47.6 Å². The van der Waals surface area contributed by atoms with Gasteiger partial charge in [-0.15, -0.1) is 0 Å². The highest BCUT2D eigenvalue weighted by molar-refractivity contribution is 6.30. The number of halogens is 1. The molecule has 0 aromatic heterocycles. The van der Waals surface area contributed by atoms with E-state index in [9.17, 15) is 19.5 Å². The van der Waals surface area contributed by atoms with Crippen molar-refractivity contribution in [2.24, 2.45) is 17.0 Å². The Morgan fingerprint density at radius 1 is 1.18 bits per heavy atom. The van der Waals surface area contributed by atoms with Crippen molar-refractivity contribution in [3.8, 4) is 5.75 Å². The van der Waals surface area contributed by atoms with E-state index in [4.69, 9.17) is 21.2 Å². The number of carbonyl (C=O) groups is 3. The van der Waals surface area contributed by atoms with Crippen molar-refractivity contribution in [2.75, 3.05) is 20.3 Å². The summed E-state index contributed by atoms with van der Waals surface area (Å²) in [5, 5.41) is 14.0. The Morgan fingerprint density at radius 3 is 2.51 bits per heavy atom. The van der Waals surface area contributed by atoms with Crippen LogP contribution < -0.4 is 4.74 Å². The number of ether oxygens (including phenoxy) is 1. The Kier molecular flexibility index (Phi) is 10.9. The Labute approximate surface area is 234 Å². The first-order chi connectivity index (χ1) is 18.6. The second-order valence-electron chi connectivity index (χ2n) is 10.3. The molecule has 1 heterocycles. The number of carboxylic acids is 1. The number of oxime groups is 1. The molecule has 210 valence electrons. The predicted octanol–water partition coefficient (Wildman–Crippen LogP) is 5.97. The molecule has 3 rings (SSSR count). The molecule has 1 saturated heterocycles. The summed E-state index contributed by atoms with van der Waals surface area (Å²) in [4.78, 5) is 45.5. The smallest absolute Gasteiger partial charge is 0.335 e. The molecule has 2 aromatic carbocycles. The highest BCUT2D eigenvalue weighted by Gasteiger charge is 2.35. The van der Waals surface area contributed by atoms with Crippen LogP contribution in [0.2, 0.25) is 5.02 Å². The van der Waals surface area contributed by atoms with Gasteiger partial charge in [-0.2, -0.15) is 0 Å². The summed E-state index contributed by atoms with van der Waals surface area (Å²) in [5.41, 5.74) is 2.49. The molecule has 1 fully saturated rings. The Hall–Kier alpha value is -3.39. The van der Waals surface area contributed by atoms with Crippen LogP contribution in [-0.4, -0.2) is 53.8 Å². The van der Waals surface area contributed by atoms with Crippen molar-refractivity contribution in [2.45, 2.75) is 58.8 Å². The number of methoxy groups -OCH3 is 1. The van der Waals surface area contributed by atoms with Crippen molar-refractivity contribution in [1.82, 2.24) is 4.90 Å².